The van der Waals surface area contributed by atoms with Gasteiger partial charge >= 0.3 is 0 Å². The van der Waals surface area contributed by atoms with Crippen molar-refractivity contribution in [3.05, 3.63) is 27.7 Å². The van der Waals surface area contributed by atoms with Gasteiger partial charge in [0.25, 0.3) is 5.91 Å². The molecule has 25 heavy (non-hydrogen) atoms. The molecular weight excluding hydrogens is 365 g/mol. The van der Waals surface area contributed by atoms with E-state index in [9.17, 15) is 9.59 Å². The lowest BCUT2D eigenvalue weighted by atomic mass is 10.1. The monoisotopic (exact) mass is 387 g/mol. The Kier molecular flexibility index (Phi) is 7.35. The summed E-state index contributed by atoms with van der Waals surface area (Å²) in [6.45, 7) is 5.50. The maximum atomic E-state index is 12.6. The van der Waals surface area contributed by atoms with Gasteiger partial charge in [0.1, 0.15) is 0 Å². The minimum Gasteiger partial charge on any atom is -0.494 e. The van der Waals surface area contributed by atoms with E-state index in [-0.39, 0.29) is 11.8 Å². The Balaban J connectivity index is 1.92. The summed E-state index contributed by atoms with van der Waals surface area (Å²) in [6, 6.07) is 3.14. The van der Waals surface area contributed by atoms with Crippen molar-refractivity contribution >= 4 is 35.0 Å². The highest BCUT2D eigenvalue weighted by Crippen LogP contribution is 2.34. The Bertz CT molecular complexity index is 609. The molecule has 1 fully saturated rings. The van der Waals surface area contributed by atoms with Crippen molar-refractivity contribution < 1.29 is 14.3 Å². The maximum Gasteiger partial charge on any atom is 0.254 e. The van der Waals surface area contributed by atoms with E-state index in [1.165, 1.54) is 7.11 Å². The van der Waals surface area contributed by atoms with E-state index >= 15 is 0 Å². The second kappa shape index (κ2) is 9.27. The predicted octanol–water partition coefficient (Wildman–Crippen LogP) is 2.29. The van der Waals surface area contributed by atoms with Crippen molar-refractivity contribution in [2.24, 2.45) is 0 Å². The number of hydrogen-bond donors (Lipinski definition) is 1. The van der Waals surface area contributed by atoms with E-state index in [2.05, 4.69) is 5.32 Å². The van der Waals surface area contributed by atoms with Gasteiger partial charge in [0.15, 0.2) is 5.75 Å². The van der Waals surface area contributed by atoms with Gasteiger partial charge in [0.2, 0.25) is 5.91 Å². The molecule has 0 atom stereocenters. The van der Waals surface area contributed by atoms with Crippen molar-refractivity contribution in [3.8, 4) is 5.75 Å². The fourth-order valence-corrected chi connectivity index (χ4v) is 3.33. The van der Waals surface area contributed by atoms with Gasteiger partial charge < -0.3 is 15.0 Å². The van der Waals surface area contributed by atoms with Crippen LogP contribution >= 0.6 is 23.2 Å². The van der Waals surface area contributed by atoms with Gasteiger partial charge in [-0.05, 0) is 18.6 Å². The number of carbonyl (C=O) groups is 2. The van der Waals surface area contributed by atoms with Gasteiger partial charge in [-0.15, -0.1) is 0 Å². The molecule has 0 aromatic heterocycles. The zero-order valence-electron chi connectivity index (χ0n) is 14.5. The van der Waals surface area contributed by atoms with E-state index < -0.39 is 0 Å². The highest BCUT2D eigenvalue weighted by molar-refractivity contribution is 6.37. The first kappa shape index (κ1) is 19.8. The lowest BCUT2D eigenvalue weighted by Gasteiger charge is -2.34. The van der Waals surface area contributed by atoms with E-state index in [1.54, 1.807) is 17.0 Å². The summed E-state index contributed by atoms with van der Waals surface area (Å²) < 4.78 is 5.10. The lowest BCUT2D eigenvalue weighted by Crippen LogP contribution is -2.51. The molecule has 1 aliphatic rings. The third-order valence-corrected chi connectivity index (χ3v) is 4.61. The number of nitrogens with zero attached hydrogens (tertiary/aromatic N) is 2. The molecule has 1 aromatic rings. The van der Waals surface area contributed by atoms with Crippen molar-refractivity contribution in [1.82, 2.24) is 15.1 Å². The fraction of sp³-hybridized carbons (Fsp3) is 0.529. The smallest absolute Gasteiger partial charge is 0.254 e. The first-order chi connectivity index (χ1) is 12.0. The summed E-state index contributed by atoms with van der Waals surface area (Å²) >= 11 is 12.2. The van der Waals surface area contributed by atoms with Gasteiger partial charge in [-0.2, -0.15) is 0 Å². The first-order valence-electron chi connectivity index (χ1n) is 8.27. The molecule has 2 rings (SSSR count). The number of halogens is 2. The standard InChI is InChI=1S/C17H23Cl2N3O3/c1-3-4-20-15(23)11-21-5-7-22(8-6-21)17(24)12-9-13(18)16(25-2)14(19)10-12/h9-10H,3-8,11H2,1-2H3,(H,20,23). The van der Waals surface area contributed by atoms with Crippen LogP contribution in [0.2, 0.25) is 10.0 Å². The van der Waals surface area contributed by atoms with Crippen molar-refractivity contribution in [3.63, 3.8) is 0 Å². The molecule has 0 bridgehead atoms. The normalized spacial score (nSPS) is 15.1. The summed E-state index contributed by atoms with van der Waals surface area (Å²) in [5.41, 5.74) is 0.435. The van der Waals surface area contributed by atoms with Crippen molar-refractivity contribution in [1.29, 1.82) is 0 Å². The zero-order valence-corrected chi connectivity index (χ0v) is 16.0. The Hall–Kier alpha value is -1.50. The quantitative estimate of drug-likeness (QED) is 0.813. The molecule has 1 aliphatic heterocycles. The molecule has 1 heterocycles. The molecule has 0 saturated carbocycles. The second-order valence-electron chi connectivity index (χ2n) is 5.89. The molecule has 0 radical (unpaired) electrons. The van der Waals surface area contributed by atoms with Gasteiger partial charge in [0.05, 0.1) is 23.7 Å². The highest BCUT2D eigenvalue weighted by atomic mass is 35.5. The number of amides is 2. The Morgan fingerprint density at radius 3 is 2.28 bits per heavy atom. The summed E-state index contributed by atoms with van der Waals surface area (Å²) in [6.07, 6.45) is 0.918. The molecule has 0 spiro atoms. The highest BCUT2D eigenvalue weighted by Gasteiger charge is 2.24. The molecule has 6 nitrogen and oxygen atoms in total. The number of carbonyl (C=O) groups excluding carboxylic acids is 2. The van der Waals surface area contributed by atoms with Crippen molar-refractivity contribution in [2.45, 2.75) is 13.3 Å². The number of nitrogens with one attached hydrogen (secondary N) is 1. The topological polar surface area (TPSA) is 61.9 Å². The van der Waals surface area contributed by atoms with Gasteiger partial charge in [-0.1, -0.05) is 30.1 Å². The summed E-state index contributed by atoms with van der Waals surface area (Å²) in [5.74, 6) is 0.264. The molecule has 8 heteroatoms. The van der Waals surface area contributed by atoms with E-state index in [0.29, 0.717) is 60.6 Å². The second-order valence-corrected chi connectivity index (χ2v) is 6.71. The predicted molar refractivity (Wildman–Crippen MR) is 98.7 cm³/mol. The maximum absolute atomic E-state index is 12.6. The van der Waals surface area contributed by atoms with Gasteiger partial charge in [-0.3, -0.25) is 14.5 Å². The van der Waals surface area contributed by atoms with Crippen molar-refractivity contribution in [2.75, 3.05) is 46.4 Å². The number of benzene rings is 1. The Morgan fingerprint density at radius 2 is 1.76 bits per heavy atom. The van der Waals surface area contributed by atoms with Crippen LogP contribution in [0.5, 0.6) is 5.75 Å². The number of piperazine rings is 1. The van der Waals surface area contributed by atoms with Gasteiger partial charge in [-0.25, -0.2) is 0 Å². The van der Waals surface area contributed by atoms with Crippen LogP contribution in [0.3, 0.4) is 0 Å². The van der Waals surface area contributed by atoms with Crippen LogP contribution in [0.4, 0.5) is 0 Å². The van der Waals surface area contributed by atoms with E-state index in [4.69, 9.17) is 27.9 Å². The third-order valence-electron chi connectivity index (χ3n) is 4.05. The third kappa shape index (κ3) is 5.23. The van der Waals surface area contributed by atoms with E-state index in [1.807, 2.05) is 11.8 Å². The van der Waals surface area contributed by atoms with Gasteiger partial charge in [0, 0.05) is 38.3 Å². The van der Waals surface area contributed by atoms with Crippen LogP contribution < -0.4 is 10.1 Å². The molecular formula is C17H23Cl2N3O3. The average molecular weight is 388 g/mol. The number of methoxy groups -OCH3 is 1. The minimum atomic E-state index is -0.124. The number of rotatable bonds is 6. The van der Waals surface area contributed by atoms with Crippen LogP contribution in [-0.4, -0.2) is 68.0 Å². The molecule has 1 aromatic carbocycles. The lowest BCUT2D eigenvalue weighted by molar-refractivity contribution is -0.122. The Labute approximate surface area is 158 Å². The van der Waals surface area contributed by atoms with Crippen LogP contribution in [0.15, 0.2) is 12.1 Å². The molecule has 138 valence electrons. The van der Waals surface area contributed by atoms with Crippen LogP contribution in [0, 0.1) is 0 Å². The van der Waals surface area contributed by atoms with E-state index in [0.717, 1.165) is 6.42 Å². The average Bonchev–Trinajstić information content (AvgIpc) is 2.59. The van der Waals surface area contributed by atoms with Crippen LogP contribution in [0.25, 0.3) is 0 Å². The summed E-state index contributed by atoms with van der Waals surface area (Å²) in [7, 11) is 1.48. The van der Waals surface area contributed by atoms with Crippen LogP contribution in [-0.2, 0) is 4.79 Å². The molecule has 0 aliphatic carbocycles. The molecule has 0 unspecified atom stereocenters. The Morgan fingerprint density at radius 1 is 1.16 bits per heavy atom. The molecule has 2 amide bonds. The first-order valence-corrected chi connectivity index (χ1v) is 9.03. The fourth-order valence-electron chi connectivity index (χ4n) is 2.69. The van der Waals surface area contributed by atoms with Crippen LogP contribution in [0.1, 0.15) is 23.7 Å². The number of hydrogen-bond acceptors (Lipinski definition) is 4. The molecule has 1 saturated heterocycles. The summed E-state index contributed by atoms with van der Waals surface area (Å²) in [5, 5.41) is 3.48. The number of ether oxygens (including phenoxy) is 1. The SMILES string of the molecule is CCCNC(=O)CN1CCN(C(=O)c2cc(Cl)c(OC)c(Cl)c2)CC1. The largest absolute Gasteiger partial charge is 0.494 e. The minimum absolute atomic E-state index is 0.0235. The zero-order chi connectivity index (χ0) is 18.4. The summed E-state index contributed by atoms with van der Waals surface area (Å²) in [4.78, 5) is 28.2. The molecule has 1 N–H and O–H groups in total.